The summed E-state index contributed by atoms with van der Waals surface area (Å²) in [5.41, 5.74) is 9.24. The summed E-state index contributed by atoms with van der Waals surface area (Å²) in [6.45, 7) is 55.7. The maximum absolute atomic E-state index is 8.29. The molecule has 6 rings (SSSR count). The summed E-state index contributed by atoms with van der Waals surface area (Å²) in [6.07, 6.45) is 5.12. The van der Waals surface area contributed by atoms with Gasteiger partial charge in [-0.15, -0.1) is 0 Å². The molecule has 6 aliphatic carbocycles. The average molecular weight is 843 g/mol. The standard InChI is InChI=1S/C55H92B7N/c1-30(2)31(3)32(4)45(17,44(15,16)42(11,12)40(5,6)7)26-25-34(46(18,56)43(13,14)41(8,9)10)39(63)49(21,59)50(22,60)51(23,61)55-47(19,57)35-29-53-28-33-27-36(48(55,20)58)54(37(33)53,38(35)53)52(55,24)62/h30,33-39H,25-29,63H2,1-24H3/b32-31+/t33-,34?,35?,36+,37?,38+,39?,45?,46?,47?,48?,49?,50?,51?,52?,53?,54?,55?/m1/s1. The molecule has 2 bridgehead atoms. The van der Waals surface area contributed by atoms with Crippen LogP contribution in [-0.2, 0) is 0 Å². The molecule has 1 nitrogen and oxygen atoms in total. The van der Waals surface area contributed by atoms with Gasteiger partial charge in [0.2, 0.25) is 0 Å². The number of hydrogen-bond donors (Lipinski definition) is 1. The van der Waals surface area contributed by atoms with E-state index in [0.717, 1.165) is 25.7 Å². The van der Waals surface area contributed by atoms with Crippen LogP contribution < -0.4 is 5.73 Å². The summed E-state index contributed by atoms with van der Waals surface area (Å²) < 4.78 is 0. The molecule has 0 amide bonds. The number of nitrogens with two attached hydrogens (primary N) is 1. The van der Waals surface area contributed by atoms with Gasteiger partial charge in [0.05, 0.1) is 54.9 Å². The molecule has 0 saturated heterocycles. The van der Waals surface area contributed by atoms with Gasteiger partial charge in [0.15, 0.2) is 0 Å². The van der Waals surface area contributed by atoms with Crippen molar-refractivity contribution < 1.29 is 0 Å². The molecular formula is C55H92B7N. The summed E-state index contributed by atoms with van der Waals surface area (Å²) >= 11 is 0. The molecule has 18 atom stereocenters. The van der Waals surface area contributed by atoms with Crippen molar-refractivity contribution in [3.05, 3.63) is 11.1 Å². The van der Waals surface area contributed by atoms with Gasteiger partial charge in [0, 0.05) is 6.04 Å². The highest BCUT2D eigenvalue weighted by molar-refractivity contribution is 6.36. The van der Waals surface area contributed by atoms with Crippen LogP contribution >= 0.6 is 0 Å². The van der Waals surface area contributed by atoms with Gasteiger partial charge in [-0.25, -0.2) is 0 Å². The Balaban J connectivity index is 1.53. The predicted molar refractivity (Wildman–Crippen MR) is 280 cm³/mol. The minimum atomic E-state index is -1.33. The zero-order valence-corrected chi connectivity index (χ0v) is 45.8. The highest BCUT2D eigenvalue weighted by Crippen LogP contribution is 3.11. The third kappa shape index (κ3) is 5.19. The van der Waals surface area contributed by atoms with Crippen molar-refractivity contribution in [1.29, 1.82) is 0 Å². The maximum atomic E-state index is 8.29. The summed E-state index contributed by atoms with van der Waals surface area (Å²) in [5, 5.41) is -7.09. The second-order valence-electron chi connectivity index (χ2n) is 30.0. The number of rotatable bonds is 14. The van der Waals surface area contributed by atoms with E-state index in [1.165, 1.54) is 17.6 Å². The first-order valence-electron chi connectivity index (χ1n) is 25.5. The normalized spacial score (nSPS) is 44.5. The van der Waals surface area contributed by atoms with Gasteiger partial charge in [-0.1, -0.05) is 201 Å². The lowest BCUT2D eigenvalue weighted by atomic mass is 9.05. The molecule has 8 heteroatoms. The Morgan fingerprint density at radius 3 is 1.57 bits per heavy atom. The van der Waals surface area contributed by atoms with Crippen LogP contribution in [0.1, 0.15) is 198 Å². The summed E-state index contributed by atoms with van der Waals surface area (Å²) in [5.74, 6) is 2.35. The quantitative estimate of drug-likeness (QED) is 0.137. The predicted octanol–water partition coefficient (Wildman–Crippen LogP) is 13.6. The third-order valence-corrected chi connectivity index (χ3v) is 26.4. The van der Waals surface area contributed by atoms with Crippen LogP contribution in [0.25, 0.3) is 0 Å². The zero-order chi connectivity index (χ0) is 49.3. The molecule has 15 unspecified atom stereocenters. The fourth-order valence-corrected chi connectivity index (χ4v) is 19.7. The first-order valence-corrected chi connectivity index (χ1v) is 25.5. The lowest BCUT2D eigenvalue weighted by Crippen LogP contribution is -2.86. The second kappa shape index (κ2) is 13.5. The van der Waals surface area contributed by atoms with Gasteiger partial charge in [0.25, 0.3) is 0 Å². The molecular weight excluding hydrogens is 750 g/mol. The van der Waals surface area contributed by atoms with E-state index in [1.807, 2.05) is 0 Å². The fraction of sp³-hybridized carbons (Fsp3) is 0.964. The molecule has 0 aromatic carbocycles. The van der Waals surface area contributed by atoms with Crippen LogP contribution in [0.3, 0.4) is 0 Å². The Morgan fingerprint density at radius 2 is 1.13 bits per heavy atom. The summed E-state index contributed by atoms with van der Waals surface area (Å²) in [6, 6.07) is -0.676. The number of allylic oxidation sites excluding steroid dienone is 2. The van der Waals surface area contributed by atoms with E-state index in [2.05, 4.69) is 166 Å². The number of hydrogen-bond acceptors (Lipinski definition) is 1. The van der Waals surface area contributed by atoms with Gasteiger partial charge in [0.1, 0.15) is 0 Å². The van der Waals surface area contributed by atoms with Crippen molar-refractivity contribution >= 4 is 54.9 Å². The first-order chi connectivity index (χ1) is 27.5. The molecule has 6 saturated carbocycles. The van der Waals surface area contributed by atoms with Crippen LogP contribution in [0.5, 0.6) is 0 Å². The van der Waals surface area contributed by atoms with Crippen molar-refractivity contribution in [2.24, 2.45) is 95.9 Å². The second-order valence-corrected chi connectivity index (χ2v) is 30.0. The van der Waals surface area contributed by atoms with Crippen LogP contribution in [0.2, 0.25) is 37.2 Å². The van der Waals surface area contributed by atoms with E-state index in [9.17, 15) is 0 Å². The monoisotopic (exact) mass is 844 g/mol. The van der Waals surface area contributed by atoms with Crippen LogP contribution in [0.4, 0.5) is 0 Å². The van der Waals surface area contributed by atoms with E-state index in [0.29, 0.717) is 29.1 Å². The SMILES string of the molecule is [B]C(C)(C(N)C(CCC(C)(/C(C)=C(\C)C(C)C)C(C)(C)C(C)(C)C(C)(C)C)C([B])(C)C(C)(C)C(C)(C)C)C([B])(C)C([B])(C)C12C([B])(C)C3CC45C[C@H]6C[C@@H](C1([B])C)C(C64)([C@@H]35)C2([B])C. The van der Waals surface area contributed by atoms with Gasteiger partial charge in [-0.2, -0.15) is 0 Å². The summed E-state index contributed by atoms with van der Waals surface area (Å²) in [4.78, 5) is 0. The Labute approximate surface area is 401 Å². The molecule has 6 aliphatic rings. The van der Waals surface area contributed by atoms with E-state index >= 15 is 0 Å². The molecule has 338 valence electrons. The lowest BCUT2D eigenvalue weighted by molar-refractivity contribution is -0.401. The zero-order valence-electron chi connectivity index (χ0n) is 45.8. The van der Waals surface area contributed by atoms with Gasteiger partial charge in [-0.3, -0.25) is 0 Å². The smallest absolute Gasteiger partial charge is 0.0760 e. The van der Waals surface area contributed by atoms with E-state index in [4.69, 9.17) is 60.7 Å². The minimum absolute atomic E-state index is 0.0301. The first kappa shape index (κ1) is 52.5. The molecule has 0 aliphatic heterocycles. The van der Waals surface area contributed by atoms with E-state index < -0.39 is 48.7 Å². The van der Waals surface area contributed by atoms with Crippen LogP contribution in [-0.4, -0.2) is 61.0 Å². The topological polar surface area (TPSA) is 26.0 Å². The van der Waals surface area contributed by atoms with E-state index in [-0.39, 0.29) is 55.7 Å². The molecule has 0 aromatic heterocycles. The van der Waals surface area contributed by atoms with Crippen molar-refractivity contribution in [2.75, 3.05) is 0 Å². The van der Waals surface area contributed by atoms with Gasteiger partial charge >= 0.3 is 0 Å². The number of fused-ring (bicyclic) bond motifs is 1. The van der Waals surface area contributed by atoms with Crippen molar-refractivity contribution in [1.82, 2.24) is 0 Å². The molecule has 2 N–H and O–H groups in total. The van der Waals surface area contributed by atoms with E-state index in [1.54, 1.807) is 0 Å². The summed E-state index contributed by atoms with van der Waals surface area (Å²) in [7, 11) is 56.9. The Hall–Kier alpha value is 0.155. The minimum Gasteiger partial charge on any atom is -0.328 e. The molecule has 63 heavy (non-hydrogen) atoms. The molecule has 6 fully saturated rings. The highest BCUT2D eigenvalue weighted by atomic mass is 15.0. The van der Waals surface area contributed by atoms with Gasteiger partial charge < -0.3 is 5.73 Å². The lowest BCUT2D eigenvalue weighted by Gasteiger charge is -2.94. The largest absolute Gasteiger partial charge is 0.328 e. The Bertz CT molecular complexity index is 1900. The Morgan fingerprint density at radius 1 is 0.651 bits per heavy atom. The van der Waals surface area contributed by atoms with Crippen molar-refractivity contribution in [2.45, 2.75) is 242 Å². The Kier molecular flexibility index (Phi) is 11.3. The van der Waals surface area contributed by atoms with Crippen LogP contribution in [0.15, 0.2) is 11.1 Å². The third-order valence-electron chi connectivity index (χ3n) is 26.4. The maximum Gasteiger partial charge on any atom is 0.0760 e. The van der Waals surface area contributed by atoms with Crippen molar-refractivity contribution in [3.63, 3.8) is 0 Å². The molecule has 14 radical (unpaired) electrons. The highest BCUT2D eigenvalue weighted by Gasteiger charge is 3.01. The fourth-order valence-electron chi connectivity index (χ4n) is 19.7. The average Bonchev–Trinajstić information content (AvgIpc) is 3.31. The van der Waals surface area contributed by atoms with Crippen LogP contribution in [0, 0.1) is 90.2 Å². The molecule has 0 heterocycles. The van der Waals surface area contributed by atoms with Gasteiger partial charge in [-0.05, 0) is 136 Å². The molecule has 2 spiro atoms. The molecule has 0 aromatic rings. The van der Waals surface area contributed by atoms with Crippen molar-refractivity contribution in [3.8, 4) is 0 Å².